The molecule has 0 fully saturated rings. The average molecular weight is 296 g/mol. The molecule has 7 nitrogen and oxygen atoms in total. The number of carboxylic acid groups (broad SMARTS) is 1. The van der Waals surface area contributed by atoms with E-state index in [-0.39, 0.29) is 6.03 Å². The van der Waals surface area contributed by atoms with E-state index in [1.54, 1.807) is 38.7 Å². The van der Waals surface area contributed by atoms with Crippen molar-refractivity contribution >= 4 is 12.0 Å². The fourth-order valence-corrected chi connectivity index (χ4v) is 1.89. The number of aliphatic carboxylic acids is 1. The van der Waals surface area contributed by atoms with Crippen molar-refractivity contribution in [3.8, 4) is 0 Å². The number of carbonyl (C=O) groups is 2. The largest absolute Gasteiger partial charge is 0.480 e. The van der Waals surface area contributed by atoms with Gasteiger partial charge in [-0.05, 0) is 17.9 Å². The summed E-state index contributed by atoms with van der Waals surface area (Å²) in [7, 11) is 1.65. The summed E-state index contributed by atoms with van der Waals surface area (Å²) in [5.74, 6) is -1.03. The normalized spacial score (nSPS) is 12.8. The van der Waals surface area contributed by atoms with E-state index in [4.69, 9.17) is 0 Å². The minimum absolute atomic E-state index is 0.377. The highest BCUT2D eigenvalue weighted by Crippen LogP contribution is 2.19. The molecule has 0 spiro atoms. The first-order valence-electron chi connectivity index (χ1n) is 6.93. The number of amides is 2. The van der Waals surface area contributed by atoms with Gasteiger partial charge in [-0.1, -0.05) is 20.8 Å². The molecule has 1 rings (SSSR count). The van der Waals surface area contributed by atoms with Crippen molar-refractivity contribution in [3.63, 3.8) is 0 Å². The number of urea groups is 1. The van der Waals surface area contributed by atoms with Gasteiger partial charge in [0.2, 0.25) is 0 Å². The fourth-order valence-electron chi connectivity index (χ4n) is 1.89. The second-order valence-electron chi connectivity index (χ2n) is 6.13. The Morgan fingerprint density at radius 1 is 1.43 bits per heavy atom. The summed E-state index contributed by atoms with van der Waals surface area (Å²) in [5.41, 5.74) is -0.544. The molecule has 0 aromatic carbocycles. The van der Waals surface area contributed by atoms with Crippen LogP contribution in [0.3, 0.4) is 0 Å². The highest BCUT2D eigenvalue weighted by Gasteiger charge is 2.33. The van der Waals surface area contributed by atoms with Crippen molar-refractivity contribution in [2.45, 2.75) is 39.8 Å². The summed E-state index contributed by atoms with van der Waals surface area (Å²) in [6, 6.07) is 0.549. The molecule has 0 unspecified atom stereocenters. The lowest BCUT2D eigenvalue weighted by Crippen LogP contribution is -2.52. The van der Waals surface area contributed by atoms with Gasteiger partial charge in [-0.3, -0.25) is 4.68 Å². The molecular formula is C14H24N4O3. The highest BCUT2D eigenvalue weighted by molar-refractivity contribution is 5.83. The summed E-state index contributed by atoms with van der Waals surface area (Å²) in [6.07, 6.45) is 4.32. The molecule has 0 aliphatic rings. The zero-order valence-corrected chi connectivity index (χ0v) is 13.0. The summed E-state index contributed by atoms with van der Waals surface area (Å²) in [4.78, 5) is 24.7. The zero-order valence-electron chi connectivity index (χ0n) is 13.0. The van der Waals surface area contributed by atoms with Crippen LogP contribution in [0, 0.1) is 5.41 Å². The Bertz CT molecular complexity index is 465. The van der Waals surface area contributed by atoms with Crippen molar-refractivity contribution in [1.29, 1.82) is 0 Å². The molecule has 0 saturated carbocycles. The molecule has 0 aliphatic carbocycles. The third-order valence-corrected chi connectivity index (χ3v) is 3.17. The van der Waals surface area contributed by atoms with E-state index in [2.05, 4.69) is 10.4 Å². The van der Waals surface area contributed by atoms with Gasteiger partial charge in [-0.25, -0.2) is 9.59 Å². The maximum Gasteiger partial charge on any atom is 0.326 e. The SMILES string of the molecule is CN(CCCn1cccn1)C(=O)N[C@H](C(=O)O)C(C)(C)C. The van der Waals surface area contributed by atoms with Crippen LogP contribution in [0.15, 0.2) is 18.5 Å². The third kappa shape index (κ3) is 5.45. The third-order valence-electron chi connectivity index (χ3n) is 3.17. The van der Waals surface area contributed by atoms with E-state index in [1.807, 2.05) is 12.3 Å². The Hall–Kier alpha value is -2.05. The van der Waals surface area contributed by atoms with Gasteiger partial charge in [0.05, 0.1) is 0 Å². The average Bonchev–Trinajstić information content (AvgIpc) is 2.86. The lowest BCUT2D eigenvalue weighted by molar-refractivity contribution is -0.142. The van der Waals surface area contributed by atoms with Crippen LogP contribution in [0.25, 0.3) is 0 Å². The smallest absolute Gasteiger partial charge is 0.326 e. The Morgan fingerprint density at radius 3 is 2.57 bits per heavy atom. The van der Waals surface area contributed by atoms with Crippen LogP contribution >= 0.6 is 0 Å². The molecule has 0 aliphatic heterocycles. The minimum atomic E-state index is -1.03. The Balaban J connectivity index is 2.44. The van der Waals surface area contributed by atoms with Crippen LogP contribution < -0.4 is 5.32 Å². The molecule has 2 amide bonds. The summed E-state index contributed by atoms with van der Waals surface area (Å²) >= 11 is 0. The van der Waals surface area contributed by atoms with E-state index < -0.39 is 17.4 Å². The van der Waals surface area contributed by atoms with Crippen LogP contribution in [0.4, 0.5) is 4.79 Å². The molecule has 1 heterocycles. The molecule has 0 radical (unpaired) electrons. The van der Waals surface area contributed by atoms with E-state index in [9.17, 15) is 14.7 Å². The van der Waals surface area contributed by atoms with Gasteiger partial charge in [-0.2, -0.15) is 5.10 Å². The van der Waals surface area contributed by atoms with Gasteiger partial charge in [-0.15, -0.1) is 0 Å². The van der Waals surface area contributed by atoms with Crippen molar-refractivity contribution in [3.05, 3.63) is 18.5 Å². The highest BCUT2D eigenvalue weighted by atomic mass is 16.4. The predicted octanol–water partition coefficient (Wildman–Crippen LogP) is 1.41. The number of nitrogens with zero attached hydrogens (tertiary/aromatic N) is 3. The molecule has 0 bridgehead atoms. The molecule has 1 atom stereocenters. The Morgan fingerprint density at radius 2 is 2.10 bits per heavy atom. The number of aryl methyl sites for hydroxylation is 1. The van der Waals surface area contributed by atoms with E-state index >= 15 is 0 Å². The number of rotatable bonds is 6. The van der Waals surface area contributed by atoms with Crippen LogP contribution in [-0.2, 0) is 11.3 Å². The second-order valence-corrected chi connectivity index (χ2v) is 6.13. The quantitative estimate of drug-likeness (QED) is 0.831. The predicted molar refractivity (Wildman–Crippen MR) is 78.9 cm³/mol. The maximum atomic E-state index is 12.0. The topological polar surface area (TPSA) is 87.5 Å². The fraction of sp³-hybridized carbons (Fsp3) is 0.643. The molecule has 7 heteroatoms. The number of hydrogen-bond donors (Lipinski definition) is 2. The first-order valence-corrected chi connectivity index (χ1v) is 6.93. The van der Waals surface area contributed by atoms with Crippen LogP contribution in [-0.4, -0.2) is 51.4 Å². The molecule has 1 aromatic rings. The van der Waals surface area contributed by atoms with Gasteiger partial charge in [0.25, 0.3) is 0 Å². The van der Waals surface area contributed by atoms with Gasteiger partial charge in [0, 0.05) is 32.5 Å². The molecule has 1 aromatic heterocycles. The van der Waals surface area contributed by atoms with Gasteiger partial charge >= 0.3 is 12.0 Å². The number of carbonyl (C=O) groups excluding carboxylic acids is 1. The monoisotopic (exact) mass is 296 g/mol. The minimum Gasteiger partial charge on any atom is -0.480 e. The number of aromatic nitrogens is 2. The first-order chi connectivity index (χ1) is 9.71. The lowest BCUT2D eigenvalue weighted by atomic mass is 9.87. The number of nitrogens with one attached hydrogen (secondary N) is 1. The van der Waals surface area contributed by atoms with Gasteiger partial charge in [0.15, 0.2) is 0 Å². The van der Waals surface area contributed by atoms with Crippen LogP contribution in [0.5, 0.6) is 0 Å². The Labute approximate surface area is 124 Å². The van der Waals surface area contributed by atoms with Crippen molar-refractivity contribution in [2.24, 2.45) is 5.41 Å². The van der Waals surface area contributed by atoms with Gasteiger partial charge < -0.3 is 15.3 Å². The number of hydrogen-bond acceptors (Lipinski definition) is 3. The second kappa shape index (κ2) is 7.10. The van der Waals surface area contributed by atoms with Crippen molar-refractivity contribution in [1.82, 2.24) is 20.0 Å². The van der Waals surface area contributed by atoms with Crippen LogP contribution in [0.2, 0.25) is 0 Å². The maximum absolute atomic E-state index is 12.0. The Kier molecular flexibility index (Phi) is 5.75. The number of carboxylic acids is 1. The molecule has 2 N–H and O–H groups in total. The standard InChI is InChI=1S/C14H24N4O3/c1-14(2,3)11(12(19)20)16-13(21)17(4)8-6-10-18-9-5-7-15-18/h5,7,9,11H,6,8,10H2,1-4H3,(H,16,21)(H,19,20)/t11-/m1/s1. The molecule has 118 valence electrons. The zero-order chi connectivity index (χ0) is 16.0. The summed E-state index contributed by atoms with van der Waals surface area (Å²) in [5, 5.41) is 15.8. The van der Waals surface area contributed by atoms with Crippen LogP contribution in [0.1, 0.15) is 27.2 Å². The lowest BCUT2D eigenvalue weighted by Gasteiger charge is -2.29. The van der Waals surface area contributed by atoms with Gasteiger partial charge in [0.1, 0.15) is 6.04 Å². The summed E-state index contributed by atoms with van der Waals surface area (Å²) in [6.45, 7) is 6.59. The van der Waals surface area contributed by atoms with E-state index in [0.717, 1.165) is 6.42 Å². The molecule has 0 saturated heterocycles. The molecular weight excluding hydrogens is 272 g/mol. The summed E-state index contributed by atoms with van der Waals surface area (Å²) < 4.78 is 1.79. The van der Waals surface area contributed by atoms with E-state index in [1.165, 1.54) is 4.90 Å². The van der Waals surface area contributed by atoms with Crippen molar-refractivity contribution < 1.29 is 14.7 Å². The molecule has 21 heavy (non-hydrogen) atoms. The van der Waals surface area contributed by atoms with Crippen molar-refractivity contribution in [2.75, 3.05) is 13.6 Å². The first kappa shape index (κ1) is 17.0. The van der Waals surface area contributed by atoms with E-state index in [0.29, 0.717) is 13.1 Å².